The van der Waals surface area contributed by atoms with E-state index in [-0.39, 0.29) is 16.6 Å². The van der Waals surface area contributed by atoms with Crippen LogP contribution in [0.3, 0.4) is 0 Å². The number of thiocarbonyl (C=S) groups is 1. The Morgan fingerprint density at radius 1 is 1.28 bits per heavy atom. The Labute approximate surface area is 151 Å². The molecule has 0 atom stereocenters. The third-order valence-corrected chi connectivity index (χ3v) is 4.75. The molecule has 2 aromatic rings. The molecule has 1 saturated heterocycles. The maximum Gasteiger partial charge on any atom is 0.406 e. The van der Waals surface area contributed by atoms with Crippen molar-refractivity contribution >= 4 is 46.0 Å². The summed E-state index contributed by atoms with van der Waals surface area (Å²) in [6, 6.07) is 7.25. The Hall–Kier alpha value is -2.13. The summed E-state index contributed by atoms with van der Waals surface area (Å²) in [6.07, 6.45) is -0.554. The first-order valence-electron chi connectivity index (χ1n) is 7.17. The molecule has 1 aromatic carbocycles. The van der Waals surface area contributed by atoms with E-state index in [2.05, 4.69) is 4.98 Å². The minimum atomic E-state index is -4.37. The molecular weight excluding hydrogens is 371 g/mol. The van der Waals surface area contributed by atoms with E-state index in [1.807, 2.05) is 19.1 Å². The van der Waals surface area contributed by atoms with Gasteiger partial charge in [-0.25, -0.2) is 4.98 Å². The molecule has 0 unspecified atom stereocenters. The number of nitrogens with zero attached hydrogens (tertiary/aromatic N) is 3. The summed E-state index contributed by atoms with van der Waals surface area (Å²) in [5, 5.41) is 0. The fourth-order valence-corrected chi connectivity index (χ4v) is 3.56. The topological polar surface area (TPSA) is 38.1 Å². The first-order valence-corrected chi connectivity index (χ1v) is 8.39. The third kappa shape index (κ3) is 3.93. The molecule has 1 aliphatic heterocycles. The molecule has 2 heterocycles. The maximum atomic E-state index is 12.6. The number of imidazole rings is 1. The number of aryl methyl sites for hydroxylation is 1. The lowest BCUT2D eigenvalue weighted by Crippen LogP contribution is -2.27. The Bertz CT molecular complexity index is 856. The number of benzene rings is 1. The zero-order chi connectivity index (χ0) is 18.2. The van der Waals surface area contributed by atoms with E-state index in [0.717, 1.165) is 21.9 Å². The Kier molecular flexibility index (Phi) is 4.70. The molecule has 1 aromatic heterocycles. The number of halogens is 3. The summed E-state index contributed by atoms with van der Waals surface area (Å²) in [5.74, 6) is -0.317. The molecule has 25 heavy (non-hydrogen) atoms. The number of thioether (sulfide) groups is 1. The Morgan fingerprint density at radius 2 is 1.96 bits per heavy atom. The second-order valence-electron chi connectivity index (χ2n) is 5.38. The van der Waals surface area contributed by atoms with Crippen LogP contribution >= 0.6 is 24.0 Å². The number of aromatic nitrogens is 2. The van der Waals surface area contributed by atoms with Crippen LogP contribution in [0, 0.1) is 6.92 Å². The van der Waals surface area contributed by atoms with Crippen LogP contribution in [-0.4, -0.2) is 26.0 Å². The highest BCUT2D eigenvalue weighted by molar-refractivity contribution is 8.27. The van der Waals surface area contributed by atoms with Gasteiger partial charge in [-0.15, -0.1) is 0 Å². The van der Waals surface area contributed by atoms with Crippen LogP contribution in [0.5, 0.6) is 0 Å². The van der Waals surface area contributed by atoms with Crippen LogP contribution < -0.4 is 4.90 Å². The third-order valence-electron chi connectivity index (χ3n) is 3.44. The van der Waals surface area contributed by atoms with Gasteiger partial charge in [0.05, 0.1) is 10.6 Å². The SMILES string of the molecule is Cc1ccc(N2C(=O)/C(=C/c3nccn3CC(F)(F)F)SC2=S)cc1. The van der Waals surface area contributed by atoms with Gasteiger partial charge >= 0.3 is 6.18 Å². The Morgan fingerprint density at radius 3 is 2.60 bits per heavy atom. The zero-order valence-corrected chi connectivity index (χ0v) is 14.6. The van der Waals surface area contributed by atoms with Gasteiger partial charge in [-0.1, -0.05) is 41.7 Å². The first kappa shape index (κ1) is 17.7. The molecule has 0 radical (unpaired) electrons. The van der Waals surface area contributed by atoms with E-state index >= 15 is 0 Å². The highest BCUT2D eigenvalue weighted by Crippen LogP contribution is 2.36. The van der Waals surface area contributed by atoms with Gasteiger partial charge in [0.1, 0.15) is 12.4 Å². The van der Waals surface area contributed by atoms with E-state index < -0.39 is 12.7 Å². The molecule has 0 spiro atoms. The summed E-state index contributed by atoms with van der Waals surface area (Å²) < 4.78 is 39.1. The highest BCUT2D eigenvalue weighted by Gasteiger charge is 2.34. The van der Waals surface area contributed by atoms with Crippen molar-refractivity contribution < 1.29 is 18.0 Å². The number of carbonyl (C=O) groups excluding carboxylic acids is 1. The van der Waals surface area contributed by atoms with E-state index in [1.54, 1.807) is 12.1 Å². The minimum Gasteiger partial charge on any atom is -0.322 e. The van der Waals surface area contributed by atoms with E-state index in [9.17, 15) is 18.0 Å². The van der Waals surface area contributed by atoms with Crippen LogP contribution in [0.1, 0.15) is 11.4 Å². The number of rotatable bonds is 3. The van der Waals surface area contributed by atoms with E-state index in [0.29, 0.717) is 10.0 Å². The number of carbonyl (C=O) groups is 1. The average molecular weight is 383 g/mol. The van der Waals surface area contributed by atoms with Gasteiger partial charge < -0.3 is 4.57 Å². The second kappa shape index (κ2) is 6.64. The largest absolute Gasteiger partial charge is 0.406 e. The van der Waals surface area contributed by atoms with Gasteiger partial charge in [0.15, 0.2) is 4.32 Å². The molecule has 0 aliphatic carbocycles. The molecule has 1 fully saturated rings. The number of hydrogen-bond donors (Lipinski definition) is 0. The van der Waals surface area contributed by atoms with Crippen molar-refractivity contribution in [3.05, 3.63) is 53.0 Å². The summed E-state index contributed by atoms with van der Waals surface area (Å²) in [5.41, 5.74) is 1.66. The molecule has 0 N–H and O–H groups in total. The molecular formula is C16H12F3N3OS2. The molecule has 3 rings (SSSR count). The summed E-state index contributed by atoms with van der Waals surface area (Å²) >= 11 is 6.29. The lowest BCUT2D eigenvalue weighted by atomic mass is 10.2. The van der Waals surface area contributed by atoms with Gasteiger partial charge in [0.25, 0.3) is 5.91 Å². The van der Waals surface area contributed by atoms with Gasteiger partial charge in [0, 0.05) is 18.5 Å². The van der Waals surface area contributed by atoms with Crippen molar-refractivity contribution in [3.63, 3.8) is 0 Å². The summed E-state index contributed by atoms with van der Waals surface area (Å²) in [7, 11) is 0. The van der Waals surface area contributed by atoms with Crippen molar-refractivity contribution in [2.75, 3.05) is 4.90 Å². The Balaban J connectivity index is 1.89. The molecule has 9 heteroatoms. The van der Waals surface area contributed by atoms with Crippen LogP contribution in [0.25, 0.3) is 6.08 Å². The summed E-state index contributed by atoms with van der Waals surface area (Å²) in [4.78, 5) is 18.1. The van der Waals surface area contributed by atoms with Gasteiger partial charge in [-0.2, -0.15) is 13.2 Å². The number of anilines is 1. The van der Waals surface area contributed by atoms with Crippen molar-refractivity contribution in [2.24, 2.45) is 0 Å². The zero-order valence-electron chi connectivity index (χ0n) is 12.9. The lowest BCUT2D eigenvalue weighted by Gasteiger charge is -2.14. The van der Waals surface area contributed by atoms with E-state index in [4.69, 9.17) is 12.2 Å². The maximum absolute atomic E-state index is 12.6. The molecule has 1 amide bonds. The first-order chi connectivity index (χ1) is 11.7. The van der Waals surface area contributed by atoms with Crippen molar-refractivity contribution in [3.8, 4) is 0 Å². The van der Waals surface area contributed by atoms with Crippen molar-refractivity contribution in [2.45, 2.75) is 19.6 Å². The van der Waals surface area contributed by atoms with Crippen LogP contribution in [0.2, 0.25) is 0 Å². The minimum absolute atomic E-state index is 0.0572. The van der Waals surface area contributed by atoms with Crippen LogP contribution in [-0.2, 0) is 11.3 Å². The fourth-order valence-electron chi connectivity index (χ4n) is 2.29. The average Bonchev–Trinajstić information content (AvgIpc) is 3.04. The van der Waals surface area contributed by atoms with Crippen LogP contribution in [0.4, 0.5) is 18.9 Å². The number of amides is 1. The fraction of sp³-hybridized carbons (Fsp3) is 0.188. The number of alkyl halides is 3. The number of hydrogen-bond acceptors (Lipinski definition) is 4. The second-order valence-corrected chi connectivity index (χ2v) is 7.06. The van der Waals surface area contributed by atoms with Gasteiger partial charge in [-0.3, -0.25) is 9.69 Å². The lowest BCUT2D eigenvalue weighted by molar-refractivity contribution is -0.140. The normalized spacial score (nSPS) is 17.0. The van der Waals surface area contributed by atoms with Crippen molar-refractivity contribution in [1.29, 1.82) is 0 Å². The van der Waals surface area contributed by atoms with E-state index in [1.165, 1.54) is 23.4 Å². The molecule has 0 saturated carbocycles. The molecule has 130 valence electrons. The predicted molar refractivity (Wildman–Crippen MR) is 95.1 cm³/mol. The standard InChI is InChI=1S/C16H12F3N3OS2/c1-10-2-4-11(5-3-10)22-14(23)12(25-15(22)24)8-13-20-6-7-21(13)9-16(17,18)19/h2-8H,9H2,1H3/b12-8-. The molecule has 0 bridgehead atoms. The monoisotopic (exact) mass is 383 g/mol. The van der Waals surface area contributed by atoms with Gasteiger partial charge in [-0.05, 0) is 19.1 Å². The van der Waals surface area contributed by atoms with Gasteiger partial charge in [0.2, 0.25) is 0 Å². The molecule has 1 aliphatic rings. The van der Waals surface area contributed by atoms with Crippen molar-refractivity contribution in [1.82, 2.24) is 9.55 Å². The quantitative estimate of drug-likeness (QED) is 0.589. The van der Waals surface area contributed by atoms with Crippen LogP contribution in [0.15, 0.2) is 41.6 Å². The molecule has 4 nitrogen and oxygen atoms in total. The highest BCUT2D eigenvalue weighted by atomic mass is 32.2. The summed E-state index contributed by atoms with van der Waals surface area (Å²) in [6.45, 7) is 0.756. The smallest absolute Gasteiger partial charge is 0.322 e. The predicted octanol–water partition coefficient (Wildman–Crippen LogP) is 4.16.